The minimum atomic E-state index is 0.389. The van der Waals surface area contributed by atoms with E-state index in [9.17, 15) is 0 Å². The average molecular weight is 486 g/mol. The molecule has 8 heteroatoms. The first-order chi connectivity index (χ1) is 17.1. The van der Waals surface area contributed by atoms with Gasteiger partial charge in [0.25, 0.3) is 0 Å². The zero-order chi connectivity index (χ0) is 23.8. The first-order valence-electron chi connectivity index (χ1n) is 11.5. The van der Waals surface area contributed by atoms with Gasteiger partial charge in [-0.3, -0.25) is 0 Å². The minimum Gasteiger partial charge on any atom is -0.439 e. The van der Waals surface area contributed by atoms with E-state index in [1.165, 1.54) is 0 Å². The van der Waals surface area contributed by atoms with Crippen LogP contribution in [0.1, 0.15) is 5.56 Å². The molecule has 1 saturated heterocycles. The van der Waals surface area contributed by atoms with E-state index in [-0.39, 0.29) is 0 Å². The first kappa shape index (κ1) is 21.7. The SMILES string of the molecule is Cn1c(NCc2ccc(Oc3ccc4cccc(Cl)c4n3)cc2)nc2ccc(NC3COC3)cc21. The molecule has 0 atom stereocenters. The number of benzene rings is 3. The second-order valence-corrected chi connectivity index (χ2v) is 9.04. The van der Waals surface area contributed by atoms with Gasteiger partial charge in [0.2, 0.25) is 11.8 Å². The molecule has 0 amide bonds. The Morgan fingerprint density at radius 3 is 2.69 bits per heavy atom. The summed E-state index contributed by atoms with van der Waals surface area (Å²) >= 11 is 6.27. The largest absolute Gasteiger partial charge is 0.439 e. The van der Waals surface area contributed by atoms with Crippen molar-refractivity contribution in [3.63, 3.8) is 0 Å². The Kier molecular flexibility index (Phi) is 5.64. The molecule has 5 aromatic rings. The fraction of sp³-hybridized carbons (Fsp3) is 0.185. The van der Waals surface area contributed by atoms with Gasteiger partial charge in [-0.05, 0) is 48.0 Å². The van der Waals surface area contributed by atoms with Gasteiger partial charge >= 0.3 is 0 Å². The zero-order valence-corrected chi connectivity index (χ0v) is 19.9. The lowest BCUT2D eigenvalue weighted by Gasteiger charge is -2.27. The van der Waals surface area contributed by atoms with Crippen molar-refractivity contribution < 1.29 is 9.47 Å². The molecule has 1 aliphatic rings. The van der Waals surface area contributed by atoms with Gasteiger partial charge in [-0.25, -0.2) is 9.97 Å². The maximum atomic E-state index is 6.27. The average Bonchev–Trinajstić information content (AvgIpc) is 3.16. The number of anilines is 2. The number of aryl methyl sites for hydroxylation is 1. The molecule has 0 spiro atoms. The van der Waals surface area contributed by atoms with Gasteiger partial charge in [-0.15, -0.1) is 0 Å². The van der Waals surface area contributed by atoms with E-state index in [1.54, 1.807) is 0 Å². The molecule has 7 nitrogen and oxygen atoms in total. The van der Waals surface area contributed by atoms with Gasteiger partial charge in [0.1, 0.15) is 5.75 Å². The van der Waals surface area contributed by atoms with Crippen molar-refractivity contribution in [1.82, 2.24) is 14.5 Å². The normalized spacial score (nSPS) is 13.7. The van der Waals surface area contributed by atoms with Crippen LogP contribution in [0, 0.1) is 0 Å². The van der Waals surface area contributed by atoms with Crippen LogP contribution in [0.2, 0.25) is 5.02 Å². The molecule has 0 saturated carbocycles. The van der Waals surface area contributed by atoms with Crippen molar-refractivity contribution in [2.24, 2.45) is 7.05 Å². The highest BCUT2D eigenvalue weighted by Gasteiger charge is 2.18. The maximum Gasteiger partial charge on any atom is 0.219 e. The van der Waals surface area contributed by atoms with Crippen molar-refractivity contribution in [3.8, 4) is 11.6 Å². The van der Waals surface area contributed by atoms with E-state index in [0.717, 1.165) is 52.3 Å². The molecule has 3 heterocycles. The van der Waals surface area contributed by atoms with E-state index in [1.807, 2.05) is 67.7 Å². The smallest absolute Gasteiger partial charge is 0.219 e. The Hall–Kier alpha value is -3.81. The van der Waals surface area contributed by atoms with Gasteiger partial charge in [0, 0.05) is 30.7 Å². The number of ether oxygens (including phenoxy) is 2. The highest BCUT2D eigenvalue weighted by molar-refractivity contribution is 6.35. The Bertz CT molecular complexity index is 1510. The number of halogens is 1. The van der Waals surface area contributed by atoms with Crippen LogP contribution in [0.25, 0.3) is 21.9 Å². The van der Waals surface area contributed by atoms with Crippen molar-refractivity contribution in [2.75, 3.05) is 23.8 Å². The number of nitrogens with zero attached hydrogens (tertiary/aromatic N) is 3. The Morgan fingerprint density at radius 1 is 1.03 bits per heavy atom. The molecule has 3 aromatic carbocycles. The van der Waals surface area contributed by atoms with Crippen molar-refractivity contribution in [1.29, 1.82) is 0 Å². The lowest BCUT2D eigenvalue weighted by Crippen LogP contribution is -2.40. The summed E-state index contributed by atoms with van der Waals surface area (Å²) in [7, 11) is 2.02. The molecular formula is C27H24ClN5O2. The monoisotopic (exact) mass is 485 g/mol. The summed E-state index contributed by atoms with van der Waals surface area (Å²) in [6.45, 7) is 2.16. The van der Waals surface area contributed by atoms with Crippen molar-refractivity contribution in [2.45, 2.75) is 12.6 Å². The van der Waals surface area contributed by atoms with E-state index in [2.05, 4.69) is 32.3 Å². The molecule has 0 unspecified atom stereocenters. The number of hydrogen-bond donors (Lipinski definition) is 2. The van der Waals surface area contributed by atoms with Crippen LogP contribution in [0.4, 0.5) is 11.6 Å². The van der Waals surface area contributed by atoms with Crippen LogP contribution in [0.5, 0.6) is 11.6 Å². The molecule has 0 radical (unpaired) electrons. The Balaban J connectivity index is 1.12. The number of hydrogen-bond acceptors (Lipinski definition) is 6. The fourth-order valence-electron chi connectivity index (χ4n) is 4.12. The van der Waals surface area contributed by atoms with E-state index < -0.39 is 0 Å². The zero-order valence-electron chi connectivity index (χ0n) is 19.2. The summed E-state index contributed by atoms with van der Waals surface area (Å²) in [5.74, 6) is 2.05. The maximum absolute atomic E-state index is 6.27. The standard InChI is InChI=1S/C27H24ClN5O2/c1-33-24-13-19(30-20-15-34-16-20)8-11-23(24)31-27(33)29-14-17-5-9-21(10-6-17)35-25-12-7-18-3-2-4-22(28)26(18)32-25/h2-13,20,30H,14-16H2,1H3,(H,29,31). The molecule has 1 aliphatic heterocycles. The number of rotatable bonds is 7. The number of imidazole rings is 1. The van der Waals surface area contributed by atoms with Crippen LogP contribution < -0.4 is 15.4 Å². The van der Waals surface area contributed by atoms with E-state index >= 15 is 0 Å². The van der Waals surface area contributed by atoms with Gasteiger partial charge < -0.3 is 24.7 Å². The topological polar surface area (TPSA) is 73.2 Å². The second-order valence-electron chi connectivity index (χ2n) is 8.64. The molecular weight excluding hydrogens is 462 g/mol. The van der Waals surface area contributed by atoms with Crippen LogP contribution in [-0.2, 0) is 18.3 Å². The lowest BCUT2D eigenvalue weighted by molar-refractivity contribution is 0.0211. The summed E-state index contributed by atoms with van der Waals surface area (Å²) in [5, 5.41) is 8.52. The van der Waals surface area contributed by atoms with E-state index in [4.69, 9.17) is 26.1 Å². The van der Waals surface area contributed by atoms with Crippen LogP contribution in [0.3, 0.4) is 0 Å². The second kappa shape index (κ2) is 9.09. The third-order valence-electron chi connectivity index (χ3n) is 6.13. The number of para-hydroxylation sites is 1. The number of aromatic nitrogens is 3. The molecule has 1 fully saturated rings. The minimum absolute atomic E-state index is 0.389. The van der Waals surface area contributed by atoms with E-state index in [0.29, 0.717) is 29.2 Å². The predicted molar refractivity (Wildman–Crippen MR) is 140 cm³/mol. The van der Waals surface area contributed by atoms with Crippen LogP contribution >= 0.6 is 11.6 Å². The quantitative estimate of drug-likeness (QED) is 0.295. The Labute approximate surface area is 207 Å². The Morgan fingerprint density at radius 2 is 1.89 bits per heavy atom. The van der Waals surface area contributed by atoms with Crippen LogP contribution in [0.15, 0.2) is 72.8 Å². The highest BCUT2D eigenvalue weighted by Crippen LogP contribution is 2.27. The van der Waals surface area contributed by atoms with Gasteiger partial charge in [-0.2, -0.15) is 0 Å². The molecule has 2 aromatic heterocycles. The van der Waals surface area contributed by atoms with Gasteiger partial charge in [0.05, 0.1) is 40.8 Å². The molecule has 0 aliphatic carbocycles. The fourth-order valence-corrected chi connectivity index (χ4v) is 4.34. The summed E-state index contributed by atoms with van der Waals surface area (Å²) in [4.78, 5) is 9.28. The molecule has 2 N–H and O–H groups in total. The summed E-state index contributed by atoms with van der Waals surface area (Å²) in [5.41, 5.74) is 4.96. The summed E-state index contributed by atoms with van der Waals surface area (Å²) in [6.07, 6.45) is 0. The molecule has 6 rings (SSSR count). The number of fused-ring (bicyclic) bond motifs is 2. The molecule has 176 valence electrons. The number of pyridine rings is 1. The summed E-state index contributed by atoms with van der Waals surface area (Å²) < 4.78 is 13.3. The van der Waals surface area contributed by atoms with Crippen molar-refractivity contribution in [3.05, 3.63) is 83.4 Å². The highest BCUT2D eigenvalue weighted by atomic mass is 35.5. The number of nitrogens with one attached hydrogen (secondary N) is 2. The summed E-state index contributed by atoms with van der Waals surface area (Å²) in [6, 6.07) is 24.1. The van der Waals surface area contributed by atoms with Crippen molar-refractivity contribution >= 4 is 45.2 Å². The molecule has 0 bridgehead atoms. The van der Waals surface area contributed by atoms with Gasteiger partial charge in [-0.1, -0.05) is 35.9 Å². The third-order valence-corrected chi connectivity index (χ3v) is 6.44. The van der Waals surface area contributed by atoms with Gasteiger partial charge in [0.15, 0.2) is 0 Å². The third kappa shape index (κ3) is 4.48. The lowest BCUT2D eigenvalue weighted by atomic mass is 10.2. The van der Waals surface area contributed by atoms with Crippen LogP contribution in [-0.4, -0.2) is 33.8 Å². The molecule has 35 heavy (non-hydrogen) atoms. The first-order valence-corrected chi connectivity index (χ1v) is 11.9. The predicted octanol–water partition coefficient (Wildman–Crippen LogP) is 5.99.